The SMILES string of the molecule is CC(C)(CN=C(N)NC1CCOc2ccccc21)Oc1ccccc1. The summed E-state index contributed by atoms with van der Waals surface area (Å²) in [5.41, 5.74) is 6.78. The molecule has 0 amide bonds. The van der Waals surface area contributed by atoms with Gasteiger partial charge in [0.05, 0.1) is 19.2 Å². The minimum absolute atomic E-state index is 0.117. The van der Waals surface area contributed by atoms with E-state index in [0.29, 0.717) is 19.1 Å². The molecule has 0 spiro atoms. The zero-order chi connectivity index (χ0) is 17.7. The quantitative estimate of drug-likeness (QED) is 0.648. The number of para-hydroxylation sites is 2. The van der Waals surface area contributed by atoms with E-state index in [1.165, 1.54) is 0 Å². The van der Waals surface area contributed by atoms with Crippen LogP contribution in [0.15, 0.2) is 59.6 Å². The van der Waals surface area contributed by atoms with Crippen molar-refractivity contribution in [1.82, 2.24) is 5.32 Å². The van der Waals surface area contributed by atoms with Crippen LogP contribution in [0.1, 0.15) is 31.9 Å². The maximum absolute atomic E-state index is 6.10. The van der Waals surface area contributed by atoms with E-state index < -0.39 is 5.60 Å². The summed E-state index contributed by atoms with van der Waals surface area (Å²) in [6.45, 7) is 5.14. The number of hydrogen-bond acceptors (Lipinski definition) is 3. The molecule has 0 fully saturated rings. The van der Waals surface area contributed by atoms with Crippen LogP contribution in [0.2, 0.25) is 0 Å². The summed E-state index contributed by atoms with van der Waals surface area (Å²) in [7, 11) is 0. The van der Waals surface area contributed by atoms with Crippen molar-refractivity contribution >= 4 is 5.96 Å². The standard InChI is InChI=1S/C20H25N3O2/c1-20(2,25-15-8-4-3-5-9-15)14-22-19(21)23-17-12-13-24-18-11-7-6-10-16(17)18/h3-11,17H,12-14H2,1-2H3,(H3,21,22,23). The number of ether oxygens (including phenoxy) is 2. The zero-order valence-corrected chi connectivity index (χ0v) is 14.7. The first kappa shape index (κ1) is 17.1. The lowest BCUT2D eigenvalue weighted by Crippen LogP contribution is -2.39. The molecule has 1 aliphatic heterocycles. The Bertz CT molecular complexity index is 729. The second-order valence-electron chi connectivity index (χ2n) is 6.75. The highest BCUT2D eigenvalue weighted by Crippen LogP contribution is 2.31. The van der Waals surface area contributed by atoms with Crippen molar-refractivity contribution in [3.8, 4) is 11.5 Å². The molecule has 25 heavy (non-hydrogen) atoms. The van der Waals surface area contributed by atoms with Crippen molar-refractivity contribution in [3.63, 3.8) is 0 Å². The van der Waals surface area contributed by atoms with E-state index in [1.54, 1.807) is 0 Å². The minimum atomic E-state index is -0.443. The summed E-state index contributed by atoms with van der Waals surface area (Å²) in [6.07, 6.45) is 0.858. The molecule has 0 saturated heterocycles. The third kappa shape index (κ3) is 4.66. The molecule has 3 N–H and O–H groups in total. The van der Waals surface area contributed by atoms with E-state index >= 15 is 0 Å². The number of nitrogens with two attached hydrogens (primary N) is 1. The average Bonchev–Trinajstić information content (AvgIpc) is 2.61. The zero-order valence-electron chi connectivity index (χ0n) is 14.7. The predicted octanol–water partition coefficient (Wildman–Crippen LogP) is 3.27. The van der Waals surface area contributed by atoms with Crippen molar-refractivity contribution < 1.29 is 9.47 Å². The van der Waals surface area contributed by atoms with Gasteiger partial charge in [0, 0.05) is 12.0 Å². The second kappa shape index (κ2) is 7.47. The molecule has 0 aliphatic carbocycles. The first-order chi connectivity index (χ1) is 12.0. The maximum Gasteiger partial charge on any atom is 0.189 e. The number of aliphatic imine (C=N–C) groups is 1. The van der Waals surface area contributed by atoms with Gasteiger partial charge in [0.25, 0.3) is 0 Å². The Labute approximate surface area is 148 Å². The van der Waals surface area contributed by atoms with Gasteiger partial charge >= 0.3 is 0 Å². The number of nitrogens with zero attached hydrogens (tertiary/aromatic N) is 1. The van der Waals surface area contributed by atoms with Crippen LogP contribution in [-0.4, -0.2) is 24.7 Å². The number of fused-ring (bicyclic) bond motifs is 1. The highest BCUT2D eigenvalue weighted by atomic mass is 16.5. The Hall–Kier alpha value is -2.69. The Balaban J connectivity index is 1.61. The lowest BCUT2D eigenvalue weighted by molar-refractivity contribution is 0.119. The molecule has 5 nitrogen and oxygen atoms in total. The van der Waals surface area contributed by atoms with E-state index in [4.69, 9.17) is 15.2 Å². The molecule has 1 heterocycles. The average molecular weight is 339 g/mol. The number of benzene rings is 2. The van der Waals surface area contributed by atoms with Gasteiger partial charge in [-0.2, -0.15) is 0 Å². The molecule has 0 radical (unpaired) electrons. The van der Waals surface area contributed by atoms with Crippen molar-refractivity contribution in [3.05, 3.63) is 60.2 Å². The van der Waals surface area contributed by atoms with Gasteiger partial charge in [0.2, 0.25) is 0 Å². The fraction of sp³-hybridized carbons (Fsp3) is 0.350. The first-order valence-corrected chi connectivity index (χ1v) is 8.56. The number of guanidine groups is 1. The lowest BCUT2D eigenvalue weighted by atomic mass is 10.0. The minimum Gasteiger partial charge on any atom is -0.493 e. The van der Waals surface area contributed by atoms with Crippen molar-refractivity contribution in [2.75, 3.05) is 13.2 Å². The molecule has 132 valence electrons. The Morgan fingerprint density at radius 1 is 1.20 bits per heavy atom. The number of rotatable bonds is 5. The molecule has 0 aromatic heterocycles. The largest absolute Gasteiger partial charge is 0.493 e. The topological polar surface area (TPSA) is 68.9 Å². The van der Waals surface area contributed by atoms with Gasteiger partial charge in [-0.25, -0.2) is 4.99 Å². The van der Waals surface area contributed by atoms with Gasteiger partial charge < -0.3 is 20.5 Å². The second-order valence-corrected chi connectivity index (χ2v) is 6.75. The van der Waals surface area contributed by atoms with Crippen LogP contribution in [-0.2, 0) is 0 Å². The molecule has 2 aromatic rings. The number of nitrogens with one attached hydrogen (secondary N) is 1. The predicted molar refractivity (Wildman–Crippen MR) is 100 cm³/mol. The molecule has 1 aliphatic rings. The van der Waals surface area contributed by atoms with E-state index in [0.717, 1.165) is 23.5 Å². The van der Waals surface area contributed by atoms with E-state index in [1.807, 2.05) is 62.4 Å². The third-order valence-corrected chi connectivity index (χ3v) is 4.05. The van der Waals surface area contributed by atoms with Gasteiger partial charge in [-0.05, 0) is 32.0 Å². The van der Waals surface area contributed by atoms with E-state index in [2.05, 4.69) is 16.4 Å². The fourth-order valence-corrected chi connectivity index (χ4v) is 2.83. The fourth-order valence-electron chi connectivity index (χ4n) is 2.83. The number of hydrogen-bond donors (Lipinski definition) is 2. The van der Waals surface area contributed by atoms with Gasteiger partial charge in [-0.1, -0.05) is 36.4 Å². The highest BCUT2D eigenvalue weighted by molar-refractivity contribution is 5.78. The van der Waals surface area contributed by atoms with Crippen molar-refractivity contribution in [2.24, 2.45) is 10.7 Å². The summed E-state index contributed by atoms with van der Waals surface area (Å²) >= 11 is 0. The molecule has 1 atom stereocenters. The van der Waals surface area contributed by atoms with Gasteiger partial charge in [0.15, 0.2) is 5.96 Å². The highest BCUT2D eigenvalue weighted by Gasteiger charge is 2.22. The summed E-state index contributed by atoms with van der Waals surface area (Å²) in [5, 5.41) is 3.30. The summed E-state index contributed by atoms with van der Waals surface area (Å²) < 4.78 is 11.7. The van der Waals surface area contributed by atoms with E-state index in [9.17, 15) is 0 Å². The monoisotopic (exact) mass is 339 g/mol. The molecule has 0 saturated carbocycles. The van der Waals surface area contributed by atoms with Crippen molar-refractivity contribution in [2.45, 2.75) is 31.9 Å². The molecule has 2 aromatic carbocycles. The van der Waals surface area contributed by atoms with Crippen molar-refractivity contribution in [1.29, 1.82) is 0 Å². The molecule has 3 rings (SSSR count). The van der Waals surface area contributed by atoms with Crippen LogP contribution in [0.25, 0.3) is 0 Å². The van der Waals surface area contributed by atoms with Crippen LogP contribution >= 0.6 is 0 Å². The lowest BCUT2D eigenvalue weighted by Gasteiger charge is -2.28. The van der Waals surface area contributed by atoms with Crippen LogP contribution in [0.3, 0.4) is 0 Å². The normalized spacial score (nSPS) is 17.4. The van der Waals surface area contributed by atoms with Gasteiger partial charge in [-0.15, -0.1) is 0 Å². The van der Waals surface area contributed by atoms with Gasteiger partial charge in [-0.3, -0.25) is 0 Å². The smallest absolute Gasteiger partial charge is 0.189 e. The van der Waals surface area contributed by atoms with Crippen LogP contribution in [0, 0.1) is 0 Å². The summed E-state index contributed by atoms with van der Waals surface area (Å²) in [6, 6.07) is 17.9. The molecular weight excluding hydrogens is 314 g/mol. The molecule has 1 unspecified atom stereocenters. The molecule has 0 bridgehead atoms. The van der Waals surface area contributed by atoms with Crippen LogP contribution in [0.5, 0.6) is 11.5 Å². The first-order valence-electron chi connectivity index (χ1n) is 8.56. The molecular formula is C20H25N3O2. The summed E-state index contributed by atoms with van der Waals surface area (Å²) in [5.74, 6) is 2.16. The van der Waals surface area contributed by atoms with Gasteiger partial charge in [0.1, 0.15) is 17.1 Å². The van der Waals surface area contributed by atoms with Crippen LogP contribution < -0.4 is 20.5 Å². The Morgan fingerprint density at radius 3 is 2.72 bits per heavy atom. The third-order valence-electron chi connectivity index (χ3n) is 4.05. The Morgan fingerprint density at radius 2 is 1.92 bits per heavy atom. The Kier molecular flexibility index (Phi) is 5.12. The maximum atomic E-state index is 6.10. The van der Waals surface area contributed by atoms with E-state index in [-0.39, 0.29) is 6.04 Å². The molecule has 5 heteroatoms. The van der Waals surface area contributed by atoms with Crippen LogP contribution in [0.4, 0.5) is 0 Å². The summed E-state index contributed by atoms with van der Waals surface area (Å²) in [4.78, 5) is 4.48.